The molecule has 0 aliphatic rings. The van der Waals surface area contributed by atoms with E-state index in [4.69, 9.17) is 5.73 Å². The van der Waals surface area contributed by atoms with Crippen molar-refractivity contribution < 1.29 is 9.90 Å². The van der Waals surface area contributed by atoms with Crippen molar-refractivity contribution in [3.8, 4) is 0 Å². The Bertz CT molecular complexity index is 569. The summed E-state index contributed by atoms with van der Waals surface area (Å²) in [4.78, 5) is 12.1. The van der Waals surface area contributed by atoms with E-state index >= 15 is 0 Å². The standard InChI is InChI=1S/C14H12BrNO2/c15-10-6-7-11(12(16)8-10)14(18)13(17)9-4-2-1-3-5-9/h1-8,13,17H,16H2. The quantitative estimate of drug-likeness (QED) is 0.677. The fourth-order valence-electron chi connectivity index (χ4n) is 1.69. The number of anilines is 1. The van der Waals surface area contributed by atoms with Crippen LogP contribution < -0.4 is 5.73 Å². The monoisotopic (exact) mass is 305 g/mol. The number of benzene rings is 2. The van der Waals surface area contributed by atoms with Gasteiger partial charge in [-0.25, -0.2) is 0 Å². The fraction of sp³-hybridized carbons (Fsp3) is 0.0714. The Morgan fingerprint density at radius 3 is 2.44 bits per heavy atom. The van der Waals surface area contributed by atoms with Crippen molar-refractivity contribution in [3.05, 3.63) is 64.1 Å². The third kappa shape index (κ3) is 2.60. The van der Waals surface area contributed by atoms with Crippen LogP contribution in [0.15, 0.2) is 53.0 Å². The zero-order valence-electron chi connectivity index (χ0n) is 9.51. The first-order valence-electron chi connectivity index (χ1n) is 5.42. The van der Waals surface area contributed by atoms with Gasteiger partial charge in [-0.2, -0.15) is 0 Å². The topological polar surface area (TPSA) is 63.3 Å². The summed E-state index contributed by atoms with van der Waals surface area (Å²) in [5, 5.41) is 10.0. The van der Waals surface area contributed by atoms with Crippen LogP contribution in [0.25, 0.3) is 0 Å². The Kier molecular flexibility index (Phi) is 3.79. The maximum absolute atomic E-state index is 12.1. The van der Waals surface area contributed by atoms with E-state index in [0.717, 1.165) is 4.47 Å². The van der Waals surface area contributed by atoms with Crippen LogP contribution in [0.4, 0.5) is 5.69 Å². The SMILES string of the molecule is Nc1cc(Br)ccc1C(=O)C(O)c1ccccc1. The number of nitrogen functional groups attached to an aromatic ring is 1. The minimum Gasteiger partial charge on any atom is -0.398 e. The molecule has 2 rings (SSSR count). The van der Waals surface area contributed by atoms with Crippen LogP contribution >= 0.6 is 15.9 Å². The van der Waals surface area contributed by atoms with E-state index in [0.29, 0.717) is 16.8 Å². The molecule has 0 amide bonds. The van der Waals surface area contributed by atoms with Gasteiger partial charge in [0.05, 0.1) is 0 Å². The number of rotatable bonds is 3. The van der Waals surface area contributed by atoms with Crippen molar-refractivity contribution in [1.82, 2.24) is 0 Å². The van der Waals surface area contributed by atoms with E-state index in [1.54, 1.807) is 42.5 Å². The van der Waals surface area contributed by atoms with Gasteiger partial charge in [-0.05, 0) is 23.8 Å². The molecule has 2 aromatic rings. The number of nitrogens with two attached hydrogens (primary N) is 1. The van der Waals surface area contributed by atoms with Crippen molar-refractivity contribution in [2.75, 3.05) is 5.73 Å². The average molecular weight is 306 g/mol. The number of carbonyl (C=O) groups excluding carboxylic acids is 1. The summed E-state index contributed by atoms with van der Waals surface area (Å²) in [6.07, 6.45) is -1.19. The Balaban J connectivity index is 2.32. The molecular formula is C14H12BrNO2. The average Bonchev–Trinajstić information content (AvgIpc) is 2.38. The third-order valence-corrected chi connectivity index (χ3v) is 3.14. The summed E-state index contributed by atoms with van der Waals surface area (Å²) < 4.78 is 0.797. The lowest BCUT2D eigenvalue weighted by molar-refractivity contribution is 0.0748. The van der Waals surface area contributed by atoms with Crippen LogP contribution in [0.2, 0.25) is 0 Å². The van der Waals surface area contributed by atoms with Gasteiger partial charge in [0.2, 0.25) is 0 Å². The maximum Gasteiger partial charge on any atom is 0.197 e. The maximum atomic E-state index is 12.1. The Hall–Kier alpha value is -1.65. The number of aliphatic hydroxyl groups is 1. The fourth-order valence-corrected chi connectivity index (χ4v) is 2.07. The highest BCUT2D eigenvalue weighted by molar-refractivity contribution is 9.10. The van der Waals surface area contributed by atoms with Crippen molar-refractivity contribution in [2.45, 2.75) is 6.10 Å². The molecule has 0 saturated heterocycles. The molecule has 0 radical (unpaired) electrons. The van der Waals surface area contributed by atoms with E-state index in [1.165, 1.54) is 0 Å². The van der Waals surface area contributed by atoms with Crippen molar-refractivity contribution >= 4 is 27.4 Å². The Morgan fingerprint density at radius 2 is 1.83 bits per heavy atom. The predicted octanol–water partition coefficient (Wildman–Crippen LogP) is 2.95. The molecule has 0 fully saturated rings. The number of aliphatic hydroxyl groups excluding tert-OH is 1. The molecule has 3 nitrogen and oxygen atoms in total. The number of carbonyl (C=O) groups is 1. The number of hydrogen-bond donors (Lipinski definition) is 2. The van der Waals surface area contributed by atoms with Gasteiger partial charge in [0, 0.05) is 15.7 Å². The molecule has 3 N–H and O–H groups in total. The van der Waals surface area contributed by atoms with Gasteiger partial charge in [-0.3, -0.25) is 4.79 Å². The van der Waals surface area contributed by atoms with Gasteiger partial charge in [0.15, 0.2) is 5.78 Å². The van der Waals surface area contributed by atoms with Crippen LogP contribution in [0.3, 0.4) is 0 Å². The summed E-state index contributed by atoms with van der Waals surface area (Å²) in [6, 6.07) is 13.8. The van der Waals surface area contributed by atoms with Gasteiger partial charge in [0.25, 0.3) is 0 Å². The van der Waals surface area contributed by atoms with Gasteiger partial charge in [0.1, 0.15) is 6.10 Å². The second-order valence-corrected chi connectivity index (χ2v) is 4.82. The highest BCUT2D eigenvalue weighted by atomic mass is 79.9. The molecule has 0 bridgehead atoms. The lowest BCUT2D eigenvalue weighted by Crippen LogP contribution is -2.14. The zero-order valence-corrected chi connectivity index (χ0v) is 11.1. The minimum atomic E-state index is -1.19. The highest BCUT2D eigenvalue weighted by Crippen LogP contribution is 2.24. The lowest BCUT2D eigenvalue weighted by atomic mass is 9.99. The summed E-state index contributed by atoms with van der Waals surface area (Å²) in [7, 11) is 0. The molecule has 2 aromatic carbocycles. The molecule has 18 heavy (non-hydrogen) atoms. The van der Waals surface area contributed by atoms with Gasteiger partial charge in [-0.1, -0.05) is 46.3 Å². The number of ketones is 1. The first kappa shape index (κ1) is 12.8. The summed E-state index contributed by atoms with van der Waals surface area (Å²) in [5.74, 6) is -0.397. The largest absolute Gasteiger partial charge is 0.398 e. The summed E-state index contributed by atoms with van der Waals surface area (Å²) in [6.45, 7) is 0. The van der Waals surface area contributed by atoms with Gasteiger partial charge in [-0.15, -0.1) is 0 Å². The third-order valence-electron chi connectivity index (χ3n) is 2.64. The van der Waals surface area contributed by atoms with Crippen molar-refractivity contribution in [3.63, 3.8) is 0 Å². The summed E-state index contributed by atoms with van der Waals surface area (Å²) in [5.41, 5.74) is 7.02. The number of hydrogen-bond acceptors (Lipinski definition) is 3. The van der Waals surface area contributed by atoms with E-state index < -0.39 is 11.9 Å². The molecule has 0 spiro atoms. The first-order valence-corrected chi connectivity index (χ1v) is 6.21. The van der Waals surface area contributed by atoms with Crippen LogP contribution in [-0.4, -0.2) is 10.9 Å². The van der Waals surface area contributed by atoms with Gasteiger partial charge < -0.3 is 10.8 Å². The van der Waals surface area contributed by atoms with E-state index in [2.05, 4.69) is 15.9 Å². The molecule has 1 atom stereocenters. The molecule has 1 unspecified atom stereocenters. The molecule has 0 aromatic heterocycles. The van der Waals surface area contributed by atoms with E-state index in [-0.39, 0.29) is 0 Å². The Morgan fingerprint density at radius 1 is 1.17 bits per heavy atom. The molecule has 0 aliphatic carbocycles. The smallest absolute Gasteiger partial charge is 0.197 e. The molecule has 92 valence electrons. The van der Waals surface area contributed by atoms with Crippen molar-refractivity contribution in [2.24, 2.45) is 0 Å². The van der Waals surface area contributed by atoms with Crippen molar-refractivity contribution in [1.29, 1.82) is 0 Å². The molecule has 4 heteroatoms. The predicted molar refractivity (Wildman–Crippen MR) is 74.3 cm³/mol. The molecular weight excluding hydrogens is 294 g/mol. The second kappa shape index (κ2) is 5.33. The molecule has 0 saturated carbocycles. The zero-order chi connectivity index (χ0) is 13.1. The Labute approximate surface area is 113 Å². The van der Waals surface area contributed by atoms with Gasteiger partial charge >= 0.3 is 0 Å². The summed E-state index contributed by atoms with van der Waals surface area (Å²) >= 11 is 3.27. The molecule has 0 aliphatic heterocycles. The van der Waals surface area contributed by atoms with Crippen LogP contribution in [0, 0.1) is 0 Å². The van der Waals surface area contributed by atoms with Crippen LogP contribution in [0.1, 0.15) is 22.0 Å². The van der Waals surface area contributed by atoms with Crippen LogP contribution in [0.5, 0.6) is 0 Å². The van der Waals surface area contributed by atoms with E-state index in [1.807, 2.05) is 6.07 Å². The highest BCUT2D eigenvalue weighted by Gasteiger charge is 2.20. The number of halogens is 1. The minimum absolute atomic E-state index is 0.328. The normalized spacial score (nSPS) is 12.1. The van der Waals surface area contributed by atoms with Crippen LogP contribution in [-0.2, 0) is 0 Å². The first-order chi connectivity index (χ1) is 8.59. The second-order valence-electron chi connectivity index (χ2n) is 3.91. The number of Topliss-reactive ketones (excluding diaryl/α,β-unsaturated/α-hetero) is 1. The lowest BCUT2D eigenvalue weighted by Gasteiger charge is -2.11. The molecule has 0 heterocycles. The van der Waals surface area contributed by atoms with E-state index in [9.17, 15) is 9.90 Å².